The van der Waals surface area contributed by atoms with Crippen LogP contribution >= 0.6 is 15.9 Å². The number of rotatable bonds is 4. The maximum Gasteiger partial charge on any atom is 0.126 e. The summed E-state index contributed by atoms with van der Waals surface area (Å²) in [6.07, 6.45) is 3.94. The summed E-state index contributed by atoms with van der Waals surface area (Å²) in [7, 11) is 0. The second kappa shape index (κ2) is 4.52. The molecule has 1 aromatic heterocycles. The predicted molar refractivity (Wildman–Crippen MR) is 67.1 cm³/mol. The molecule has 3 heteroatoms. The van der Waals surface area contributed by atoms with E-state index in [1.54, 1.807) is 0 Å². The molecule has 0 aliphatic heterocycles. The van der Waals surface area contributed by atoms with Crippen molar-refractivity contribution in [3.05, 3.63) is 22.3 Å². The van der Waals surface area contributed by atoms with Gasteiger partial charge in [0, 0.05) is 10.5 Å². The largest absolute Gasteiger partial charge is 0.367 e. The molecule has 1 fully saturated rings. The summed E-state index contributed by atoms with van der Waals surface area (Å²) in [6, 6.07) is 4.76. The molecule has 0 radical (unpaired) electrons. The molecule has 2 unspecified atom stereocenters. The van der Waals surface area contributed by atoms with E-state index in [2.05, 4.69) is 39.2 Å². The first-order valence-electron chi connectivity index (χ1n) is 5.60. The molecule has 1 saturated carbocycles. The molecule has 15 heavy (non-hydrogen) atoms. The van der Waals surface area contributed by atoms with Gasteiger partial charge in [-0.3, -0.25) is 0 Å². The highest BCUT2D eigenvalue weighted by molar-refractivity contribution is 9.10. The molecule has 0 spiro atoms. The Labute approximate surface area is 99.6 Å². The quantitative estimate of drug-likeness (QED) is 0.900. The maximum atomic E-state index is 4.49. The second-order valence-corrected chi connectivity index (χ2v) is 5.15. The van der Waals surface area contributed by atoms with Crippen LogP contribution in [0.25, 0.3) is 0 Å². The van der Waals surface area contributed by atoms with Crippen molar-refractivity contribution in [3.8, 4) is 0 Å². The van der Waals surface area contributed by atoms with E-state index in [1.807, 2.05) is 13.0 Å². The number of nitrogens with one attached hydrogen (secondary N) is 1. The number of anilines is 1. The third-order valence-corrected chi connectivity index (χ3v) is 3.77. The van der Waals surface area contributed by atoms with Crippen LogP contribution in [-0.4, -0.2) is 11.0 Å². The van der Waals surface area contributed by atoms with Gasteiger partial charge in [-0.15, -0.1) is 0 Å². The van der Waals surface area contributed by atoms with Crippen LogP contribution < -0.4 is 5.32 Å². The van der Waals surface area contributed by atoms with E-state index in [9.17, 15) is 0 Å². The van der Waals surface area contributed by atoms with Crippen molar-refractivity contribution in [2.75, 3.05) is 5.32 Å². The smallest absolute Gasteiger partial charge is 0.126 e. The Kier molecular flexibility index (Phi) is 3.29. The number of aromatic nitrogens is 1. The van der Waals surface area contributed by atoms with Gasteiger partial charge in [-0.05, 0) is 53.7 Å². The van der Waals surface area contributed by atoms with Gasteiger partial charge in [-0.25, -0.2) is 4.98 Å². The summed E-state index contributed by atoms with van der Waals surface area (Å²) in [5.74, 6) is 1.89. The first-order chi connectivity index (χ1) is 7.20. The van der Waals surface area contributed by atoms with E-state index in [0.717, 1.165) is 21.9 Å². The summed E-state index contributed by atoms with van der Waals surface area (Å²) < 4.78 is 1.08. The van der Waals surface area contributed by atoms with Crippen LogP contribution in [0, 0.1) is 12.8 Å². The van der Waals surface area contributed by atoms with Gasteiger partial charge < -0.3 is 5.32 Å². The van der Waals surface area contributed by atoms with Crippen molar-refractivity contribution >= 4 is 21.7 Å². The molecule has 2 atom stereocenters. The minimum absolute atomic E-state index is 0.665. The third-order valence-electron chi connectivity index (χ3n) is 2.94. The summed E-state index contributed by atoms with van der Waals surface area (Å²) in [4.78, 5) is 4.49. The highest BCUT2D eigenvalue weighted by atomic mass is 79.9. The van der Waals surface area contributed by atoms with Gasteiger partial charge in [0.2, 0.25) is 0 Å². The van der Waals surface area contributed by atoms with Crippen LogP contribution in [0.15, 0.2) is 16.6 Å². The lowest BCUT2D eigenvalue weighted by molar-refractivity contribution is 0.692. The first-order valence-corrected chi connectivity index (χ1v) is 6.39. The fourth-order valence-corrected chi connectivity index (χ4v) is 2.15. The van der Waals surface area contributed by atoms with Gasteiger partial charge in [0.05, 0.1) is 5.69 Å². The lowest BCUT2D eigenvalue weighted by atomic mass is 10.2. The molecule has 1 aromatic rings. The summed E-state index contributed by atoms with van der Waals surface area (Å²) in [5.41, 5.74) is 1.05. The minimum Gasteiger partial charge on any atom is -0.367 e. The van der Waals surface area contributed by atoms with Gasteiger partial charge >= 0.3 is 0 Å². The van der Waals surface area contributed by atoms with E-state index in [1.165, 1.54) is 19.3 Å². The first kappa shape index (κ1) is 10.9. The van der Waals surface area contributed by atoms with Crippen molar-refractivity contribution in [1.29, 1.82) is 0 Å². The SMILES string of the molecule is CCCC1CC1Nc1ccc(Br)c(C)n1. The Morgan fingerprint density at radius 1 is 1.53 bits per heavy atom. The maximum absolute atomic E-state index is 4.49. The van der Waals surface area contributed by atoms with Gasteiger partial charge in [0.1, 0.15) is 5.82 Å². The van der Waals surface area contributed by atoms with Crippen molar-refractivity contribution < 1.29 is 0 Å². The molecular weight excluding hydrogens is 252 g/mol. The molecule has 1 heterocycles. The fraction of sp³-hybridized carbons (Fsp3) is 0.583. The lowest BCUT2D eigenvalue weighted by Gasteiger charge is -2.06. The normalized spacial score (nSPS) is 23.9. The van der Waals surface area contributed by atoms with Gasteiger partial charge in [-0.1, -0.05) is 13.3 Å². The van der Waals surface area contributed by atoms with Crippen LogP contribution in [0.3, 0.4) is 0 Å². The van der Waals surface area contributed by atoms with E-state index in [4.69, 9.17) is 0 Å². The highest BCUT2D eigenvalue weighted by Crippen LogP contribution is 2.37. The zero-order valence-electron chi connectivity index (χ0n) is 9.26. The standard InChI is InChI=1S/C12H17BrN2/c1-3-4-9-7-11(9)15-12-6-5-10(13)8(2)14-12/h5-6,9,11H,3-4,7H2,1-2H3,(H,14,15). The number of aryl methyl sites for hydroxylation is 1. The number of hydrogen-bond acceptors (Lipinski definition) is 2. The van der Waals surface area contributed by atoms with E-state index in [0.29, 0.717) is 6.04 Å². The van der Waals surface area contributed by atoms with Crippen LogP contribution in [0.2, 0.25) is 0 Å². The van der Waals surface area contributed by atoms with Crippen LogP contribution in [0.1, 0.15) is 31.9 Å². The predicted octanol–water partition coefficient (Wildman–Crippen LogP) is 3.75. The molecule has 1 aliphatic rings. The van der Waals surface area contributed by atoms with Crippen molar-refractivity contribution in [2.45, 2.75) is 39.2 Å². The summed E-state index contributed by atoms with van der Waals surface area (Å²) in [6.45, 7) is 4.27. The Hall–Kier alpha value is -0.570. The van der Waals surface area contributed by atoms with Gasteiger partial charge in [-0.2, -0.15) is 0 Å². The van der Waals surface area contributed by atoms with Crippen LogP contribution in [0.4, 0.5) is 5.82 Å². The molecule has 0 aromatic carbocycles. The molecule has 2 nitrogen and oxygen atoms in total. The molecule has 0 bridgehead atoms. The molecule has 2 rings (SSSR count). The van der Waals surface area contributed by atoms with Gasteiger partial charge in [0.15, 0.2) is 0 Å². The van der Waals surface area contributed by atoms with Crippen molar-refractivity contribution in [1.82, 2.24) is 4.98 Å². The fourth-order valence-electron chi connectivity index (χ4n) is 1.93. The van der Waals surface area contributed by atoms with E-state index in [-0.39, 0.29) is 0 Å². The average molecular weight is 269 g/mol. The summed E-state index contributed by atoms with van der Waals surface area (Å²) in [5, 5.41) is 3.49. The highest BCUT2D eigenvalue weighted by Gasteiger charge is 2.36. The van der Waals surface area contributed by atoms with Crippen LogP contribution in [0.5, 0.6) is 0 Å². The second-order valence-electron chi connectivity index (χ2n) is 4.30. The Balaban J connectivity index is 1.92. The van der Waals surface area contributed by atoms with E-state index < -0.39 is 0 Å². The third kappa shape index (κ3) is 2.71. The van der Waals surface area contributed by atoms with Crippen LogP contribution in [-0.2, 0) is 0 Å². The molecular formula is C12H17BrN2. The number of hydrogen-bond donors (Lipinski definition) is 1. The van der Waals surface area contributed by atoms with Gasteiger partial charge in [0.25, 0.3) is 0 Å². The zero-order chi connectivity index (χ0) is 10.8. The lowest BCUT2D eigenvalue weighted by Crippen LogP contribution is -2.06. The Morgan fingerprint density at radius 3 is 3.00 bits per heavy atom. The number of nitrogens with zero attached hydrogens (tertiary/aromatic N) is 1. The molecule has 82 valence electrons. The van der Waals surface area contributed by atoms with E-state index >= 15 is 0 Å². The topological polar surface area (TPSA) is 24.9 Å². The molecule has 0 amide bonds. The summed E-state index contributed by atoms with van der Waals surface area (Å²) >= 11 is 3.46. The Bertz CT molecular complexity index is 351. The number of pyridine rings is 1. The minimum atomic E-state index is 0.665. The molecule has 0 saturated heterocycles. The van der Waals surface area contributed by atoms with Crippen molar-refractivity contribution in [2.24, 2.45) is 5.92 Å². The van der Waals surface area contributed by atoms with Crippen molar-refractivity contribution in [3.63, 3.8) is 0 Å². The molecule has 1 aliphatic carbocycles. The molecule has 1 N–H and O–H groups in total. The zero-order valence-corrected chi connectivity index (χ0v) is 10.8. The monoisotopic (exact) mass is 268 g/mol. The average Bonchev–Trinajstić information content (AvgIpc) is 2.91. The Morgan fingerprint density at radius 2 is 2.33 bits per heavy atom. The number of halogens is 1.